The van der Waals surface area contributed by atoms with Crippen LogP contribution in [0, 0.1) is 11.6 Å². The molecule has 0 saturated heterocycles. The van der Waals surface area contributed by atoms with Gasteiger partial charge >= 0.3 is 0 Å². The fourth-order valence-corrected chi connectivity index (χ4v) is 1.62. The van der Waals surface area contributed by atoms with Crippen LogP contribution >= 0.6 is 0 Å². The van der Waals surface area contributed by atoms with E-state index in [4.69, 9.17) is 5.73 Å². The zero-order valence-corrected chi connectivity index (χ0v) is 8.97. The number of rotatable bonds is 5. The summed E-state index contributed by atoms with van der Waals surface area (Å²) in [6.07, 6.45) is 3.66. The minimum Gasteiger partial charge on any atom is -0.324 e. The van der Waals surface area contributed by atoms with Crippen molar-refractivity contribution in [2.45, 2.75) is 38.6 Å². The quantitative estimate of drug-likeness (QED) is 0.744. The van der Waals surface area contributed by atoms with Gasteiger partial charge in [0.05, 0.1) is 0 Å². The molecule has 0 bridgehead atoms. The van der Waals surface area contributed by atoms with Crippen molar-refractivity contribution in [1.29, 1.82) is 0 Å². The molecular formula is C12H17F2N. The SMILES string of the molecule is CCCCC[C@H](N)c1c(F)cccc1F. The number of hydrogen-bond acceptors (Lipinski definition) is 1. The van der Waals surface area contributed by atoms with Crippen LogP contribution in [0.5, 0.6) is 0 Å². The van der Waals surface area contributed by atoms with E-state index in [1.807, 2.05) is 0 Å². The highest BCUT2D eigenvalue weighted by Crippen LogP contribution is 2.22. The van der Waals surface area contributed by atoms with Crippen LogP contribution < -0.4 is 5.73 Å². The Bertz CT molecular complexity index is 292. The fourth-order valence-electron chi connectivity index (χ4n) is 1.62. The Morgan fingerprint density at radius 3 is 2.33 bits per heavy atom. The van der Waals surface area contributed by atoms with E-state index in [0.29, 0.717) is 6.42 Å². The molecule has 0 aliphatic heterocycles. The van der Waals surface area contributed by atoms with Gasteiger partial charge in [-0.25, -0.2) is 8.78 Å². The van der Waals surface area contributed by atoms with Crippen molar-refractivity contribution in [3.05, 3.63) is 35.4 Å². The van der Waals surface area contributed by atoms with Gasteiger partial charge in [-0.05, 0) is 18.6 Å². The highest BCUT2D eigenvalue weighted by Gasteiger charge is 2.15. The van der Waals surface area contributed by atoms with Gasteiger partial charge in [0.25, 0.3) is 0 Å². The van der Waals surface area contributed by atoms with Gasteiger partial charge in [0, 0.05) is 11.6 Å². The molecule has 1 aromatic rings. The molecule has 0 aromatic heterocycles. The maximum atomic E-state index is 13.3. The zero-order valence-electron chi connectivity index (χ0n) is 8.97. The molecule has 0 aliphatic carbocycles. The molecule has 0 heterocycles. The molecule has 84 valence electrons. The maximum Gasteiger partial charge on any atom is 0.130 e. The zero-order chi connectivity index (χ0) is 11.3. The number of nitrogens with two attached hydrogens (primary N) is 1. The molecule has 0 aliphatic rings. The van der Waals surface area contributed by atoms with Gasteiger partial charge in [0.1, 0.15) is 11.6 Å². The summed E-state index contributed by atoms with van der Waals surface area (Å²) in [6.45, 7) is 2.08. The predicted molar refractivity (Wildman–Crippen MR) is 57.4 cm³/mol. The second-order valence-electron chi connectivity index (χ2n) is 3.74. The molecule has 1 rings (SSSR count). The Morgan fingerprint density at radius 2 is 1.80 bits per heavy atom. The largest absolute Gasteiger partial charge is 0.324 e. The van der Waals surface area contributed by atoms with E-state index in [0.717, 1.165) is 19.3 Å². The highest BCUT2D eigenvalue weighted by molar-refractivity contribution is 5.22. The average Bonchev–Trinajstić information content (AvgIpc) is 2.18. The minimum atomic E-state index is -0.543. The molecule has 3 heteroatoms. The predicted octanol–water partition coefficient (Wildman–Crippen LogP) is 3.54. The van der Waals surface area contributed by atoms with Crippen LogP contribution in [0.2, 0.25) is 0 Å². The molecule has 1 atom stereocenters. The van der Waals surface area contributed by atoms with E-state index in [1.54, 1.807) is 0 Å². The van der Waals surface area contributed by atoms with E-state index in [2.05, 4.69) is 6.92 Å². The molecule has 15 heavy (non-hydrogen) atoms. The molecule has 0 unspecified atom stereocenters. The van der Waals surface area contributed by atoms with Crippen LogP contribution in [-0.4, -0.2) is 0 Å². The first-order chi connectivity index (χ1) is 7.16. The summed E-state index contributed by atoms with van der Waals surface area (Å²) >= 11 is 0. The van der Waals surface area contributed by atoms with E-state index >= 15 is 0 Å². The second-order valence-corrected chi connectivity index (χ2v) is 3.74. The number of hydrogen-bond donors (Lipinski definition) is 1. The lowest BCUT2D eigenvalue weighted by Crippen LogP contribution is -2.14. The molecule has 1 aromatic carbocycles. The third kappa shape index (κ3) is 3.27. The third-order valence-corrected chi connectivity index (χ3v) is 2.49. The normalized spacial score (nSPS) is 12.8. The van der Waals surface area contributed by atoms with Crippen LogP contribution in [0.1, 0.15) is 44.2 Å². The Hall–Kier alpha value is -0.960. The van der Waals surface area contributed by atoms with Crippen LogP contribution in [0.25, 0.3) is 0 Å². The molecule has 0 fully saturated rings. The highest BCUT2D eigenvalue weighted by atomic mass is 19.1. The molecule has 0 radical (unpaired) electrons. The molecule has 0 amide bonds. The van der Waals surface area contributed by atoms with Crippen molar-refractivity contribution < 1.29 is 8.78 Å². The standard InChI is InChI=1S/C12H17F2N/c1-2-3-4-8-11(15)12-9(13)6-5-7-10(12)14/h5-7,11H,2-4,8,15H2,1H3/t11-/m0/s1. The summed E-state index contributed by atoms with van der Waals surface area (Å²) in [5.74, 6) is -1.09. The maximum absolute atomic E-state index is 13.3. The Morgan fingerprint density at radius 1 is 1.20 bits per heavy atom. The first kappa shape index (κ1) is 12.1. The number of benzene rings is 1. The van der Waals surface area contributed by atoms with Gasteiger partial charge < -0.3 is 5.73 Å². The van der Waals surface area contributed by atoms with Crippen molar-refractivity contribution in [3.63, 3.8) is 0 Å². The first-order valence-electron chi connectivity index (χ1n) is 5.36. The van der Waals surface area contributed by atoms with E-state index in [9.17, 15) is 8.78 Å². The molecule has 2 N–H and O–H groups in total. The topological polar surface area (TPSA) is 26.0 Å². The first-order valence-corrected chi connectivity index (χ1v) is 5.36. The van der Waals surface area contributed by atoms with Gasteiger partial charge in [-0.15, -0.1) is 0 Å². The summed E-state index contributed by atoms with van der Waals surface area (Å²) in [5, 5.41) is 0. The summed E-state index contributed by atoms with van der Waals surface area (Å²) < 4.78 is 26.6. The van der Waals surface area contributed by atoms with Crippen LogP contribution in [-0.2, 0) is 0 Å². The minimum absolute atomic E-state index is 0.0219. The summed E-state index contributed by atoms with van der Waals surface area (Å²) in [4.78, 5) is 0. The summed E-state index contributed by atoms with van der Waals surface area (Å²) in [6, 6.07) is 3.32. The average molecular weight is 213 g/mol. The number of unbranched alkanes of at least 4 members (excludes halogenated alkanes) is 2. The molecule has 1 nitrogen and oxygen atoms in total. The fraction of sp³-hybridized carbons (Fsp3) is 0.500. The van der Waals surface area contributed by atoms with Crippen molar-refractivity contribution in [2.75, 3.05) is 0 Å². The van der Waals surface area contributed by atoms with Gasteiger partial charge in [-0.1, -0.05) is 32.3 Å². The van der Waals surface area contributed by atoms with Crippen LogP contribution in [0.3, 0.4) is 0 Å². The van der Waals surface area contributed by atoms with Crippen molar-refractivity contribution in [3.8, 4) is 0 Å². The van der Waals surface area contributed by atoms with Crippen molar-refractivity contribution in [1.82, 2.24) is 0 Å². The van der Waals surface area contributed by atoms with Crippen molar-refractivity contribution >= 4 is 0 Å². The monoisotopic (exact) mass is 213 g/mol. The molecular weight excluding hydrogens is 196 g/mol. The van der Waals surface area contributed by atoms with Crippen LogP contribution in [0.4, 0.5) is 8.78 Å². The van der Waals surface area contributed by atoms with Gasteiger partial charge in [0.15, 0.2) is 0 Å². The number of halogens is 2. The molecule has 0 saturated carbocycles. The lowest BCUT2D eigenvalue weighted by Gasteiger charge is -2.13. The van der Waals surface area contributed by atoms with Gasteiger partial charge in [0.2, 0.25) is 0 Å². The smallest absolute Gasteiger partial charge is 0.130 e. The van der Waals surface area contributed by atoms with Gasteiger partial charge in [-0.3, -0.25) is 0 Å². The van der Waals surface area contributed by atoms with Crippen molar-refractivity contribution in [2.24, 2.45) is 5.73 Å². The second kappa shape index (κ2) is 5.81. The van der Waals surface area contributed by atoms with E-state index < -0.39 is 17.7 Å². The summed E-state index contributed by atoms with van der Waals surface area (Å²) in [5.41, 5.74) is 5.78. The Balaban J connectivity index is 2.68. The van der Waals surface area contributed by atoms with E-state index in [-0.39, 0.29) is 5.56 Å². The van der Waals surface area contributed by atoms with Crippen LogP contribution in [0.15, 0.2) is 18.2 Å². The third-order valence-electron chi connectivity index (χ3n) is 2.49. The summed E-state index contributed by atoms with van der Waals surface area (Å²) in [7, 11) is 0. The Labute approximate surface area is 89.3 Å². The van der Waals surface area contributed by atoms with Gasteiger partial charge in [-0.2, -0.15) is 0 Å². The molecule has 0 spiro atoms. The Kier molecular flexibility index (Phi) is 4.69. The lowest BCUT2D eigenvalue weighted by atomic mass is 10.0. The lowest BCUT2D eigenvalue weighted by molar-refractivity contribution is 0.498. The van der Waals surface area contributed by atoms with E-state index in [1.165, 1.54) is 18.2 Å².